The van der Waals surface area contributed by atoms with Gasteiger partial charge in [0.25, 0.3) is 5.91 Å². The standard InChI is InChI=1S/C16H19N3OS2/c1-21-12-7-10-4-5-11(8-12)19(10)16(20)14-9-13(17-18-14)15-3-2-6-22-15/h2-3,6,9-12H,4-5,7-8H2,1H3,(H,17,18). The number of amides is 1. The number of rotatable bonds is 3. The number of aromatic amines is 1. The third kappa shape index (κ3) is 2.38. The number of carbonyl (C=O) groups is 1. The molecule has 6 heteroatoms. The Morgan fingerprint density at radius 3 is 2.82 bits per heavy atom. The van der Waals surface area contributed by atoms with Crippen molar-refractivity contribution < 1.29 is 4.79 Å². The van der Waals surface area contributed by atoms with Crippen molar-refractivity contribution in [3.63, 3.8) is 0 Å². The van der Waals surface area contributed by atoms with Crippen LogP contribution in [0.5, 0.6) is 0 Å². The minimum atomic E-state index is 0.103. The highest BCUT2D eigenvalue weighted by Crippen LogP contribution is 2.40. The number of thiophene rings is 1. The van der Waals surface area contributed by atoms with E-state index in [-0.39, 0.29) is 5.91 Å². The van der Waals surface area contributed by atoms with Crippen molar-refractivity contribution in [2.75, 3.05) is 6.26 Å². The van der Waals surface area contributed by atoms with Gasteiger partial charge < -0.3 is 4.90 Å². The minimum absolute atomic E-state index is 0.103. The highest BCUT2D eigenvalue weighted by molar-refractivity contribution is 7.99. The Balaban J connectivity index is 1.55. The van der Waals surface area contributed by atoms with Crippen LogP contribution in [0.4, 0.5) is 0 Å². The van der Waals surface area contributed by atoms with Gasteiger partial charge in [-0.25, -0.2) is 0 Å². The Bertz CT molecular complexity index is 653. The van der Waals surface area contributed by atoms with Gasteiger partial charge in [-0.1, -0.05) is 6.07 Å². The summed E-state index contributed by atoms with van der Waals surface area (Å²) >= 11 is 3.60. The third-order valence-electron chi connectivity index (χ3n) is 4.84. The molecule has 2 aromatic heterocycles. The average Bonchev–Trinajstić information content (AvgIpc) is 3.25. The Hall–Kier alpha value is -1.27. The van der Waals surface area contributed by atoms with Crippen LogP contribution in [0.15, 0.2) is 23.6 Å². The van der Waals surface area contributed by atoms with E-state index >= 15 is 0 Å². The number of fused-ring (bicyclic) bond motifs is 2. The van der Waals surface area contributed by atoms with Gasteiger partial charge in [0.2, 0.25) is 0 Å². The summed E-state index contributed by atoms with van der Waals surface area (Å²) in [5.74, 6) is 0.103. The highest BCUT2D eigenvalue weighted by atomic mass is 32.2. The number of aromatic nitrogens is 2. The maximum atomic E-state index is 12.9. The van der Waals surface area contributed by atoms with Crippen LogP contribution in [0.1, 0.15) is 36.2 Å². The van der Waals surface area contributed by atoms with Crippen molar-refractivity contribution >= 4 is 29.0 Å². The summed E-state index contributed by atoms with van der Waals surface area (Å²) < 4.78 is 0. The van der Waals surface area contributed by atoms with E-state index in [1.165, 1.54) is 0 Å². The van der Waals surface area contributed by atoms with Gasteiger partial charge in [0.15, 0.2) is 5.69 Å². The van der Waals surface area contributed by atoms with Crippen LogP contribution < -0.4 is 0 Å². The zero-order valence-electron chi connectivity index (χ0n) is 12.5. The zero-order chi connectivity index (χ0) is 15.1. The first-order valence-corrected chi connectivity index (χ1v) is 9.87. The number of nitrogens with one attached hydrogen (secondary N) is 1. The Morgan fingerprint density at radius 1 is 1.41 bits per heavy atom. The van der Waals surface area contributed by atoms with Crippen LogP contribution in [0.2, 0.25) is 0 Å². The number of carbonyl (C=O) groups excluding carboxylic acids is 1. The predicted octanol–water partition coefficient (Wildman–Crippen LogP) is 3.64. The van der Waals surface area contributed by atoms with E-state index < -0.39 is 0 Å². The fraction of sp³-hybridized carbons (Fsp3) is 0.500. The zero-order valence-corrected chi connectivity index (χ0v) is 14.1. The third-order valence-corrected chi connectivity index (χ3v) is 6.80. The summed E-state index contributed by atoms with van der Waals surface area (Å²) in [6.07, 6.45) is 6.74. The largest absolute Gasteiger partial charge is 0.331 e. The summed E-state index contributed by atoms with van der Waals surface area (Å²) in [4.78, 5) is 16.1. The second-order valence-electron chi connectivity index (χ2n) is 6.07. The molecular weight excluding hydrogens is 314 g/mol. The van der Waals surface area contributed by atoms with E-state index in [1.807, 2.05) is 35.3 Å². The molecular formula is C16H19N3OS2. The molecule has 0 aliphatic carbocycles. The van der Waals surface area contributed by atoms with Gasteiger partial charge in [-0.2, -0.15) is 16.9 Å². The van der Waals surface area contributed by atoms with Gasteiger partial charge in [0.1, 0.15) is 0 Å². The summed E-state index contributed by atoms with van der Waals surface area (Å²) in [5, 5.41) is 10.0. The molecule has 2 unspecified atom stereocenters. The molecule has 2 saturated heterocycles. The highest BCUT2D eigenvalue weighted by Gasteiger charge is 2.43. The van der Waals surface area contributed by atoms with Gasteiger partial charge in [-0.05, 0) is 49.5 Å². The van der Waals surface area contributed by atoms with E-state index in [4.69, 9.17) is 0 Å². The molecule has 0 aromatic carbocycles. The monoisotopic (exact) mass is 333 g/mol. The molecule has 1 amide bonds. The fourth-order valence-electron chi connectivity index (χ4n) is 3.77. The lowest BCUT2D eigenvalue weighted by atomic mass is 10.0. The quantitative estimate of drug-likeness (QED) is 0.933. The van der Waals surface area contributed by atoms with Gasteiger partial charge in [0, 0.05) is 17.3 Å². The van der Waals surface area contributed by atoms with Crippen LogP contribution >= 0.6 is 23.1 Å². The van der Waals surface area contributed by atoms with E-state index in [2.05, 4.69) is 21.4 Å². The topological polar surface area (TPSA) is 49.0 Å². The molecule has 2 atom stereocenters. The first-order chi connectivity index (χ1) is 10.8. The molecule has 2 bridgehead atoms. The van der Waals surface area contributed by atoms with Crippen molar-refractivity contribution in [2.45, 2.75) is 43.0 Å². The maximum Gasteiger partial charge on any atom is 0.274 e. The molecule has 2 aliphatic rings. The molecule has 22 heavy (non-hydrogen) atoms. The van der Waals surface area contributed by atoms with Crippen LogP contribution in [-0.4, -0.2) is 44.6 Å². The lowest BCUT2D eigenvalue weighted by Gasteiger charge is -2.38. The molecule has 2 aliphatic heterocycles. The van der Waals surface area contributed by atoms with Crippen molar-refractivity contribution in [1.82, 2.24) is 15.1 Å². The maximum absolute atomic E-state index is 12.9. The van der Waals surface area contributed by atoms with Crippen molar-refractivity contribution in [2.24, 2.45) is 0 Å². The molecule has 116 valence electrons. The molecule has 0 saturated carbocycles. The number of piperidine rings is 1. The second-order valence-corrected chi connectivity index (χ2v) is 8.16. The van der Waals surface area contributed by atoms with Gasteiger partial charge in [0.05, 0.1) is 10.6 Å². The molecule has 1 N–H and O–H groups in total. The average molecular weight is 333 g/mol. The molecule has 4 heterocycles. The molecule has 0 radical (unpaired) electrons. The van der Waals surface area contributed by atoms with Crippen LogP contribution in [0, 0.1) is 0 Å². The number of hydrogen-bond acceptors (Lipinski definition) is 4. The molecule has 2 aromatic rings. The Labute approximate surface area is 138 Å². The normalized spacial score (nSPS) is 27.3. The van der Waals surface area contributed by atoms with E-state index in [0.717, 1.165) is 36.3 Å². The van der Waals surface area contributed by atoms with E-state index in [1.54, 1.807) is 11.3 Å². The van der Waals surface area contributed by atoms with Crippen molar-refractivity contribution in [3.05, 3.63) is 29.3 Å². The van der Waals surface area contributed by atoms with Crippen molar-refractivity contribution in [1.29, 1.82) is 0 Å². The van der Waals surface area contributed by atoms with Gasteiger partial charge >= 0.3 is 0 Å². The first-order valence-electron chi connectivity index (χ1n) is 7.71. The molecule has 4 rings (SSSR count). The van der Waals surface area contributed by atoms with Crippen molar-refractivity contribution in [3.8, 4) is 10.6 Å². The molecule has 4 nitrogen and oxygen atoms in total. The second kappa shape index (κ2) is 5.74. The first kappa shape index (κ1) is 14.3. The summed E-state index contributed by atoms with van der Waals surface area (Å²) in [6.45, 7) is 0. The van der Waals surface area contributed by atoms with Crippen LogP contribution in [-0.2, 0) is 0 Å². The lowest BCUT2D eigenvalue weighted by Crippen LogP contribution is -2.47. The van der Waals surface area contributed by atoms with Crippen LogP contribution in [0.25, 0.3) is 10.6 Å². The Morgan fingerprint density at radius 2 is 2.18 bits per heavy atom. The number of nitrogens with zero attached hydrogens (tertiary/aromatic N) is 2. The SMILES string of the molecule is CSC1CC2CCC(C1)N2C(=O)c1cc(-c2cccs2)[nH]n1. The van der Waals surface area contributed by atoms with Crippen LogP contribution in [0.3, 0.4) is 0 Å². The number of thioether (sulfide) groups is 1. The number of hydrogen-bond donors (Lipinski definition) is 1. The lowest BCUT2D eigenvalue weighted by molar-refractivity contribution is 0.0595. The van der Waals surface area contributed by atoms with E-state index in [9.17, 15) is 4.79 Å². The summed E-state index contributed by atoms with van der Waals surface area (Å²) in [5.41, 5.74) is 1.49. The van der Waals surface area contributed by atoms with Gasteiger partial charge in [-0.3, -0.25) is 9.89 Å². The summed E-state index contributed by atoms with van der Waals surface area (Å²) in [7, 11) is 0. The smallest absolute Gasteiger partial charge is 0.274 e. The van der Waals surface area contributed by atoms with Gasteiger partial charge in [-0.15, -0.1) is 11.3 Å². The van der Waals surface area contributed by atoms with E-state index in [0.29, 0.717) is 23.0 Å². The summed E-state index contributed by atoms with van der Waals surface area (Å²) in [6, 6.07) is 6.76. The fourth-order valence-corrected chi connectivity index (χ4v) is 5.29. The Kier molecular flexibility index (Phi) is 3.74. The number of H-pyrrole nitrogens is 1. The molecule has 0 spiro atoms. The molecule has 2 fully saturated rings. The minimum Gasteiger partial charge on any atom is -0.331 e. The predicted molar refractivity (Wildman–Crippen MR) is 91.4 cm³/mol.